The van der Waals surface area contributed by atoms with E-state index >= 15 is 0 Å². The van der Waals surface area contributed by atoms with E-state index in [1.54, 1.807) is 0 Å². The largest absolute Gasteiger partial charge is 0.0942 e. The molecule has 0 heterocycles. The summed E-state index contributed by atoms with van der Waals surface area (Å²) in [4.78, 5) is 0. The predicted molar refractivity (Wildman–Crippen MR) is 67.9 cm³/mol. The maximum absolute atomic E-state index is 6.37. The summed E-state index contributed by atoms with van der Waals surface area (Å²) in [6.45, 7) is 12.3. The minimum absolute atomic E-state index is 0.711. The zero-order chi connectivity index (χ0) is 10.9. The van der Waals surface area contributed by atoms with Crippen molar-refractivity contribution in [2.75, 3.05) is 0 Å². The Bertz CT molecular complexity index is 346. The summed E-state index contributed by atoms with van der Waals surface area (Å²) in [6.07, 6.45) is 0. The Kier molecular flexibility index (Phi) is 3.75. The molecule has 0 N–H and O–H groups in total. The lowest BCUT2D eigenvalue weighted by Gasteiger charge is -2.16. The smallest absolute Gasteiger partial charge is 0.0479 e. The van der Waals surface area contributed by atoms with E-state index in [0.717, 1.165) is 5.31 Å². The third-order valence-corrected chi connectivity index (χ3v) is 5.31. The molecule has 0 amide bonds. The van der Waals surface area contributed by atoms with Crippen LogP contribution in [0, 0.1) is 20.8 Å². The first kappa shape index (κ1) is 11.8. The second-order valence-electron chi connectivity index (χ2n) is 3.76. The van der Waals surface area contributed by atoms with Gasteiger partial charge in [-0.1, -0.05) is 35.5 Å². The number of hydrogen-bond acceptors (Lipinski definition) is 0. The van der Waals surface area contributed by atoms with Gasteiger partial charge in [-0.25, -0.2) is 0 Å². The molecule has 0 aliphatic carbocycles. The van der Waals surface area contributed by atoms with E-state index in [4.69, 9.17) is 11.2 Å². The highest BCUT2D eigenvalue weighted by Crippen LogP contribution is 2.49. The standard InChI is InChI=1S/C12H16ClP/c1-8(2)14(13)12-10(4)6-9(3)7-11(12)5/h6-7H,1H2,2-5H3. The SMILES string of the molecule is C=C(C)P(Cl)c1c(C)cc(C)cc1C. The monoisotopic (exact) mass is 226 g/mol. The molecule has 0 spiro atoms. The molecule has 76 valence electrons. The zero-order valence-corrected chi connectivity index (χ0v) is 10.8. The maximum atomic E-state index is 6.37. The highest BCUT2D eigenvalue weighted by Gasteiger charge is 2.14. The summed E-state index contributed by atoms with van der Waals surface area (Å²) in [6, 6.07) is 4.37. The van der Waals surface area contributed by atoms with Gasteiger partial charge in [0.2, 0.25) is 0 Å². The molecule has 14 heavy (non-hydrogen) atoms. The van der Waals surface area contributed by atoms with Gasteiger partial charge in [-0.15, -0.1) is 0 Å². The lowest BCUT2D eigenvalue weighted by Crippen LogP contribution is -2.08. The van der Waals surface area contributed by atoms with Gasteiger partial charge in [-0.05, 0) is 44.1 Å². The van der Waals surface area contributed by atoms with Crippen LogP contribution in [0.4, 0.5) is 0 Å². The number of benzene rings is 1. The minimum Gasteiger partial charge on any atom is -0.0942 e. The van der Waals surface area contributed by atoms with Crippen molar-refractivity contribution in [3.8, 4) is 0 Å². The third-order valence-electron chi connectivity index (χ3n) is 2.17. The first-order chi connectivity index (χ1) is 6.43. The molecule has 0 aliphatic rings. The van der Waals surface area contributed by atoms with E-state index < -0.39 is 7.27 Å². The van der Waals surface area contributed by atoms with E-state index in [2.05, 4.69) is 39.5 Å². The Morgan fingerprint density at radius 2 is 1.64 bits per heavy atom. The Labute approximate surface area is 92.5 Å². The first-order valence-electron chi connectivity index (χ1n) is 4.62. The lowest BCUT2D eigenvalue weighted by molar-refractivity contribution is 1.35. The van der Waals surface area contributed by atoms with Crippen LogP contribution in [0.25, 0.3) is 0 Å². The molecule has 0 saturated heterocycles. The van der Waals surface area contributed by atoms with Gasteiger partial charge in [0.05, 0.1) is 0 Å². The molecule has 0 aromatic heterocycles. The summed E-state index contributed by atoms with van der Waals surface area (Å²) >= 11 is 6.37. The molecule has 0 saturated carbocycles. The van der Waals surface area contributed by atoms with E-state index in [0.29, 0.717) is 0 Å². The highest BCUT2D eigenvalue weighted by atomic mass is 35.7. The Morgan fingerprint density at radius 3 is 2.00 bits per heavy atom. The number of rotatable bonds is 2. The van der Waals surface area contributed by atoms with Crippen molar-refractivity contribution in [1.29, 1.82) is 0 Å². The van der Waals surface area contributed by atoms with Crippen molar-refractivity contribution in [3.05, 3.63) is 40.7 Å². The van der Waals surface area contributed by atoms with Crippen LogP contribution < -0.4 is 5.30 Å². The van der Waals surface area contributed by atoms with Crippen LogP contribution in [0.1, 0.15) is 23.6 Å². The zero-order valence-electron chi connectivity index (χ0n) is 9.19. The number of hydrogen-bond donors (Lipinski definition) is 0. The van der Waals surface area contributed by atoms with E-state index in [9.17, 15) is 0 Å². The fourth-order valence-electron chi connectivity index (χ4n) is 1.67. The van der Waals surface area contributed by atoms with Crippen LogP contribution in [0.15, 0.2) is 24.0 Å². The topological polar surface area (TPSA) is 0 Å². The molecular weight excluding hydrogens is 211 g/mol. The van der Waals surface area contributed by atoms with Crippen LogP contribution in [0.3, 0.4) is 0 Å². The molecule has 0 fully saturated rings. The molecule has 0 aliphatic heterocycles. The van der Waals surface area contributed by atoms with Crippen LogP contribution in [-0.2, 0) is 0 Å². The van der Waals surface area contributed by atoms with Gasteiger partial charge in [0.15, 0.2) is 0 Å². The molecule has 1 atom stereocenters. The van der Waals surface area contributed by atoms with Crippen molar-refractivity contribution in [3.63, 3.8) is 0 Å². The second-order valence-corrected chi connectivity index (χ2v) is 6.55. The summed E-state index contributed by atoms with van der Waals surface area (Å²) < 4.78 is 0. The summed E-state index contributed by atoms with van der Waals surface area (Å²) in [5.41, 5.74) is 3.86. The molecule has 1 rings (SSSR count). The van der Waals surface area contributed by atoms with Crippen molar-refractivity contribution in [2.45, 2.75) is 27.7 Å². The van der Waals surface area contributed by atoms with Gasteiger partial charge in [-0.3, -0.25) is 0 Å². The van der Waals surface area contributed by atoms with Crippen molar-refractivity contribution in [2.24, 2.45) is 0 Å². The summed E-state index contributed by atoms with van der Waals surface area (Å²) in [7, 11) is -0.711. The van der Waals surface area contributed by atoms with E-state index in [1.165, 1.54) is 22.0 Å². The number of halogens is 1. The molecule has 0 radical (unpaired) electrons. The molecule has 0 nitrogen and oxygen atoms in total. The van der Waals surface area contributed by atoms with Gasteiger partial charge in [0.25, 0.3) is 0 Å². The minimum atomic E-state index is -0.711. The van der Waals surface area contributed by atoms with Crippen molar-refractivity contribution < 1.29 is 0 Å². The normalized spacial score (nSPS) is 12.6. The first-order valence-corrected chi connectivity index (χ1v) is 6.87. The van der Waals surface area contributed by atoms with Gasteiger partial charge in [0.1, 0.15) is 0 Å². The lowest BCUT2D eigenvalue weighted by atomic mass is 10.1. The van der Waals surface area contributed by atoms with E-state index in [1.807, 2.05) is 6.92 Å². The fraction of sp³-hybridized carbons (Fsp3) is 0.333. The van der Waals surface area contributed by atoms with Crippen LogP contribution in [0.5, 0.6) is 0 Å². The second kappa shape index (κ2) is 4.47. The van der Waals surface area contributed by atoms with Crippen LogP contribution in [0.2, 0.25) is 0 Å². The quantitative estimate of drug-likeness (QED) is 0.656. The van der Waals surface area contributed by atoms with E-state index in [-0.39, 0.29) is 0 Å². The highest BCUT2D eigenvalue weighted by molar-refractivity contribution is 7.93. The maximum Gasteiger partial charge on any atom is 0.0479 e. The van der Waals surface area contributed by atoms with Crippen LogP contribution in [-0.4, -0.2) is 0 Å². The molecule has 2 heteroatoms. The number of aryl methyl sites for hydroxylation is 3. The van der Waals surface area contributed by atoms with Gasteiger partial charge >= 0.3 is 0 Å². The molecule has 0 bridgehead atoms. The van der Waals surface area contributed by atoms with Crippen molar-refractivity contribution in [1.82, 2.24) is 0 Å². The fourth-order valence-corrected chi connectivity index (χ4v) is 3.60. The summed E-state index contributed by atoms with van der Waals surface area (Å²) in [5.74, 6) is 0. The Hall–Kier alpha value is -0.320. The van der Waals surface area contributed by atoms with Gasteiger partial charge in [-0.2, -0.15) is 0 Å². The average molecular weight is 227 g/mol. The van der Waals surface area contributed by atoms with Gasteiger partial charge in [0, 0.05) is 12.6 Å². The predicted octanol–water partition coefficient (Wildman–Crippen LogP) is 4.41. The molecule has 1 aromatic carbocycles. The average Bonchev–Trinajstić information content (AvgIpc) is 2.01. The Balaban J connectivity index is 3.27. The molecule has 1 unspecified atom stereocenters. The summed E-state index contributed by atoms with van der Waals surface area (Å²) in [5, 5.41) is 2.34. The third kappa shape index (κ3) is 2.38. The molecule has 1 aromatic rings. The van der Waals surface area contributed by atoms with Crippen molar-refractivity contribution >= 4 is 23.8 Å². The Morgan fingerprint density at radius 1 is 1.21 bits per heavy atom. The van der Waals surface area contributed by atoms with Crippen LogP contribution >= 0.6 is 18.5 Å². The number of allylic oxidation sites excluding steroid dienone is 1. The van der Waals surface area contributed by atoms with Gasteiger partial charge < -0.3 is 0 Å². The molecular formula is C12H16ClP.